The quantitative estimate of drug-likeness (QED) is 0.222. The number of ether oxygens (including phenoxy) is 3. The van der Waals surface area contributed by atoms with Crippen molar-refractivity contribution in [2.24, 2.45) is 11.8 Å². The van der Waals surface area contributed by atoms with Gasteiger partial charge in [-0.15, -0.1) is 21.5 Å². The van der Waals surface area contributed by atoms with Crippen LogP contribution >= 0.6 is 11.3 Å². The Kier molecular flexibility index (Phi) is 10.1. The number of benzene rings is 1. The molecular formula is C38H53N7O6S. The van der Waals surface area contributed by atoms with Gasteiger partial charge in [-0.3, -0.25) is 14.2 Å². The summed E-state index contributed by atoms with van der Waals surface area (Å²) in [5, 5.41) is 16.1. The minimum atomic E-state index is -0.610. The van der Waals surface area contributed by atoms with Crippen molar-refractivity contribution in [1.29, 1.82) is 0 Å². The summed E-state index contributed by atoms with van der Waals surface area (Å²) >= 11 is 1.54. The van der Waals surface area contributed by atoms with Crippen LogP contribution in [0, 0.1) is 11.8 Å². The van der Waals surface area contributed by atoms with Gasteiger partial charge in [0.15, 0.2) is 0 Å². The van der Waals surface area contributed by atoms with Gasteiger partial charge in [0.05, 0.1) is 31.9 Å². The number of aromatic nitrogens is 3. The van der Waals surface area contributed by atoms with Crippen LogP contribution in [0.5, 0.6) is 11.5 Å². The summed E-state index contributed by atoms with van der Waals surface area (Å²) < 4.78 is 19.2. The Morgan fingerprint density at radius 3 is 2.56 bits per heavy atom. The van der Waals surface area contributed by atoms with Gasteiger partial charge in [-0.2, -0.15) is 0 Å². The van der Waals surface area contributed by atoms with E-state index in [1.807, 2.05) is 39.0 Å². The molecule has 3 heterocycles. The van der Waals surface area contributed by atoms with Crippen LogP contribution in [0.3, 0.4) is 0 Å². The van der Waals surface area contributed by atoms with E-state index in [0.29, 0.717) is 66.4 Å². The Morgan fingerprint density at radius 1 is 1.08 bits per heavy atom. The van der Waals surface area contributed by atoms with Crippen molar-refractivity contribution >= 4 is 40.2 Å². The molecule has 0 radical (unpaired) electrons. The van der Waals surface area contributed by atoms with Crippen molar-refractivity contribution in [1.82, 2.24) is 25.0 Å². The highest BCUT2D eigenvalue weighted by Crippen LogP contribution is 2.44. The molecule has 3 aromatic rings. The van der Waals surface area contributed by atoms with Gasteiger partial charge in [0.2, 0.25) is 11.9 Å². The van der Waals surface area contributed by atoms with Crippen molar-refractivity contribution in [3.05, 3.63) is 46.1 Å². The lowest BCUT2D eigenvalue weighted by Gasteiger charge is -2.36. The predicted molar refractivity (Wildman–Crippen MR) is 200 cm³/mol. The molecule has 4 aliphatic rings. The number of hydrogen-bond donors (Lipinski definition) is 2. The Morgan fingerprint density at radius 2 is 1.87 bits per heavy atom. The molecule has 7 rings (SSSR count). The van der Waals surface area contributed by atoms with E-state index in [1.54, 1.807) is 36.8 Å². The first-order valence-electron chi connectivity index (χ1n) is 18.5. The van der Waals surface area contributed by atoms with E-state index in [9.17, 15) is 14.4 Å². The summed E-state index contributed by atoms with van der Waals surface area (Å²) in [6.45, 7) is 9.34. The number of fused-ring (bicyclic) bond motifs is 1. The molecule has 13 nitrogen and oxygen atoms in total. The first-order chi connectivity index (χ1) is 24.9. The number of rotatable bonds is 12. The number of aryl methyl sites for hydroxylation is 1. The summed E-state index contributed by atoms with van der Waals surface area (Å²) in [7, 11) is 3.28. The lowest BCUT2D eigenvalue weighted by molar-refractivity contribution is -0.117. The van der Waals surface area contributed by atoms with Gasteiger partial charge in [0, 0.05) is 49.5 Å². The van der Waals surface area contributed by atoms with Gasteiger partial charge in [-0.25, -0.2) is 4.79 Å². The molecule has 2 unspecified atom stereocenters. The minimum absolute atomic E-state index is 0. The molecular weight excluding hydrogens is 683 g/mol. The predicted octanol–water partition coefficient (Wildman–Crippen LogP) is 6.23. The number of likely N-dealkylation sites (tertiary alicyclic amines) is 1. The summed E-state index contributed by atoms with van der Waals surface area (Å²) in [6.07, 6.45) is 8.42. The number of nitrogens with one attached hydrogen (secondary N) is 2. The van der Waals surface area contributed by atoms with Gasteiger partial charge in [-0.05, 0) is 103 Å². The van der Waals surface area contributed by atoms with Crippen LogP contribution in [0.4, 0.5) is 15.7 Å². The van der Waals surface area contributed by atoms with E-state index < -0.39 is 5.60 Å². The number of carbonyl (C=O) groups excluding carboxylic acids is 3. The highest BCUT2D eigenvalue weighted by molar-refractivity contribution is 7.17. The second-order valence-electron chi connectivity index (χ2n) is 15.6. The molecule has 2 saturated carbocycles. The van der Waals surface area contributed by atoms with Crippen molar-refractivity contribution in [3.63, 3.8) is 0 Å². The Hall–Kier alpha value is -4.33. The molecule has 2 N–H and O–H groups in total. The fourth-order valence-corrected chi connectivity index (χ4v) is 8.70. The molecule has 0 bridgehead atoms. The van der Waals surface area contributed by atoms with Crippen LogP contribution in [-0.2, 0) is 28.9 Å². The molecule has 3 atom stereocenters. The number of thiophene rings is 1. The van der Waals surface area contributed by atoms with Gasteiger partial charge in [0.25, 0.3) is 5.91 Å². The molecule has 0 spiro atoms. The largest absolute Gasteiger partial charge is 0.497 e. The minimum Gasteiger partial charge on any atom is -0.497 e. The van der Waals surface area contributed by atoms with Crippen molar-refractivity contribution in [2.75, 3.05) is 37.5 Å². The molecule has 3 fully saturated rings. The highest BCUT2D eigenvalue weighted by Gasteiger charge is 2.42. The second-order valence-corrected chi connectivity index (χ2v) is 16.7. The normalized spacial score (nSPS) is 21.3. The third-order valence-corrected chi connectivity index (χ3v) is 11.9. The van der Waals surface area contributed by atoms with E-state index in [4.69, 9.17) is 19.3 Å². The number of anilines is 2. The van der Waals surface area contributed by atoms with Crippen molar-refractivity contribution < 1.29 is 30.0 Å². The van der Waals surface area contributed by atoms with Gasteiger partial charge in [-0.1, -0.05) is 0 Å². The van der Waals surface area contributed by atoms with E-state index in [2.05, 4.69) is 32.1 Å². The average molecular weight is 736 g/mol. The monoisotopic (exact) mass is 735 g/mol. The van der Waals surface area contributed by atoms with Crippen LogP contribution < -0.4 is 25.0 Å². The fraction of sp³-hybridized carbons (Fsp3) is 0.605. The Labute approximate surface area is 310 Å². The fourth-order valence-electron chi connectivity index (χ4n) is 7.46. The average Bonchev–Trinajstić information content (AvgIpc) is 4.02. The molecule has 14 heteroatoms. The zero-order valence-electron chi connectivity index (χ0n) is 31.1. The summed E-state index contributed by atoms with van der Waals surface area (Å²) in [4.78, 5) is 45.2. The highest BCUT2D eigenvalue weighted by atomic mass is 32.1. The maximum atomic E-state index is 13.8. The topological polar surface area (TPSA) is 140 Å². The van der Waals surface area contributed by atoms with Crippen LogP contribution in [0.25, 0.3) is 0 Å². The van der Waals surface area contributed by atoms with Crippen LogP contribution in [-0.4, -0.2) is 82.6 Å². The second kappa shape index (κ2) is 14.6. The van der Waals surface area contributed by atoms with Gasteiger partial charge >= 0.3 is 6.09 Å². The number of methoxy groups -OCH3 is 2. The van der Waals surface area contributed by atoms with Gasteiger partial charge < -0.3 is 34.6 Å². The summed E-state index contributed by atoms with van der Waals surface area (Å²) in [5.74, 6) is 2.53. The van der Waals surface area contributed by atoms with Crippen LogP contribution in [0.15, 0.2) is 24.5 Å². The third-order valence-electron chi connectivity index (χ3n) is 10.7. The maximum absolute atomic E-state index is 13.8. The molecule has 2 aromatic heterocycles. The van der Waals surface area contributed by atoms with E-state index >= 15 is 0 Å². The lowest BCUT2D eigenvalue weighted by atomic mass is 9.91. The molecule has 1 aromatic carbocycles. The van der Waals surface area contributed by atoms with Crippen molar-refractivity contribution in [2.45, 2.75) is 109 Å². The summed E-state index contributed by atoms with van der Waals surface area (Å²) in [5.41, 5.74) is 1.93. The van der Waals surface area contributed by atoms with Crippen LogP contribution in [0.1, 0.15) is 100 Å². The molecule has 52 heavy (non-hydrogen) atoms. The molecule has 1 aliphatic heterocycles. The number of nitrogens with zero attached hydrogens (tertiary/aromatic N) is 5. The maximum Gasteiger partial charge on any atom is 0.410 e. The smallest absolute Gasteiger partial charge is 0.410 e. The van der Waals surface area contributed by atoms with Gasteiger partial charge in [0.1, 0.15) is 28.4 Å². The number of hydrogen-bond acceptors (Lipinski definition) is 10. The summed E-state index contributed by atoms with van der Waals surface area (Å²) in [6, 6.07) is 5.47. The Balaban J connectivity index is 0.00000481. The molecule has 1 saturated heterocycles. The molecule has 282 valence electrons. The third kappa shape index (κ3) is 7.72. The van der Waals surface area contributed by atoms with Crippen molar-refractivity contribution in [3.8, 4) is 11.5 Å². The van der Waals surface area contributed by atoms with Crippen LogP contribution in [0.2, 0.25) is 0 Å². The standard InChI is InChI=1S/C38H51N7O6S.H2/c1-22-29(15-16-43(22)37(48)51-38(2,3)4)44(20-25-11-13-27(49-5)18-30(25)50-6)36-42-40-21-45(36)26-12-14-31-28(17-26)32(34(47)39-19-23-7-8-23)35(52-31)41-33(46)24-9-10-24;/h11,13,18,21-24,26,29H,7-10,12,14-17,19-20H2,1-6H3,(H,39,47)(H,41,46);1H/t22?,26-,29?;/m0./s1. The number of carbonyl (C=O) groups is 3. The molecule has 3 aliphatic carbocycles. The zero-order valence-corrected chi connectivity index (χ0v) is 31.9. The first-order valence-corrected chi connectivity index (χ1v) is 19.4. The Bertz CT molecular complexity index is 1820. The number of amides is 3. The van der Waals surface area contributed by atoms with E-state index in [-0.39, 0.29) is 43.4 Å². The SMILES string of the molecule is COc1ccc(CN(c2nncn2[C@H]2CCc3sc(NC(=O)C4CC4)c(C(=O)NCC4CC4)c3C2)C2CCN(C(=O)OC(C)(C)C)C2C)c(OC)c1.[HH]. The zero-order chi connectivity index (χ0) is 36.7. The lowest BCUT2D eigenvalue weighted by Crippen LogP contribution is -2.47. The van der Waals surface area contributed by atoms with E-state index in [0.717, 1.165) is 54.5 Å². The molecule has 3 amide bonds. The van der Waals surface area contributed by atoms with E-state index in [1.165, 1.54) is 0 Å². The first kappa shape index (κ1) is 36.0.